The second-order valence-corrected chi connectivity index (χ2v) is 48.8. The standard InChI is InChI=1S/C17H24.C12H16.C11H20.C10H20.C9H16.2C9H18.3C8H16.2C6H12.C5H8Cl2.C5H10.C2H4.11CH4.6H2/c1-6-17(5)15(16(17,3)4)12-11-14-9-7-13(2)8-10-14;1-3-10-9-12(10,2)11-7-5-4-6-8-11;1-6-9-10(7-8(2)3)11(9,4)5;1-4-10-8(2)6-5-7-9(10)3;1-5-7-8(6-2)9(7,3)4;2*1-3-9-6-4-8(2)5-7-9;3*1-2-8-6-4-3-5-7-8;1-3-6(2)4-5-6;1-3-6-4-5(6)2;1-2-4-3-5(4,6)7;1-2-5-3-4-5;1-2;;;;;;;;;;;;;;;;;/h7-12,15H,6H2,1-5H3;4-8,10H,3,9H2,1-2H3;7,9-10H,6H2,1-5H3;8-10H,4-7H2,1-3H3;5,7-8H,1,6H2,2-4H3;2*8-9H,3-7H2,1-2H3;3*8H,2-7H2,1H3;3-5H2,1-2H3;5-6H,3-4H2,1-2H3;4H,2-3H2,1H3;5H,2-4H2,1H3;1-2H2;11*1H4;6*1H. The first kappa shape index (κ1) is 156. The van der Waals surface area contributed by atoms with Crippen LogP contribution >= 0.6 is 23.2 Å². The van der Waals surface area contributed by atoms with Gasteiger partial charge in [-0.2, -0.15) is 0 Å². The lowest BCUT2D eigenvalue weighted by Gasteiger charge is -2.33. The molecule has 2 heteroatoms. The molecule has 14 fully saturated rings. The lowest BCUT2D eigenvalue weighted by atomic mass is 9.72. The number of benzene rings is 2. The quantitative estimate of drug-likeness (QED) is 0.0971. The number of allylic oxidation sites excluding steroid dienone is 4. The molecule has 0 nitrogen and oxygen atoms in total. The van der Waals surface area contributed by atoms with Crippen LogP contribution in [0.2, 0.25) is 0 Å². The molecule has 0 aliphatic heterocycles. The predicted molar refractivity (Wildman–Crippen MR) is 668 cm³/mol. The fourth-order valence-electron chi connectivity index (χ4n) is 23.2. The SMILES string of the molecule is C.C.C.C.C.C.C.C.C.C.C.C=C.C=CC1C(CC)C1(C)C.CCC1(C)C(C=Cc2ccc(C)cc2)C1(C)C.CCC1(C)CC1.CCC1C(C)CCCC1C.CCC1C(C=C(C)C)C1(C)C.CCC1CC1.CCC1CC1(C)c1ccccc1.CCC1CC1(Cl)Cl.CCC1CC1C.CCC1CCC(C)CC1.CCC1CCC(C)CC1.CCC1CCCCC1.CCC1CCCCC1.CCC1CCCCC1.[HH].[HH].[HH].[HH].[HH].[HH]. The fraction of sp³-hybridized carbons (Fsp3) is 0.853. The molecule has 0 saturated heterocycles. The summed E-state index contributed by atoms with van der Waals surface area (Å²) in [5, 5.41) is 0. The van der Waals surface area contributed by atoms with Crippen LogP contribution in [0.3, 0.4) is 0 Å². The summed E-state index contributed by atoms with van der Waals surface area (Å²) in [6.07, 6.45) is 77.0. The van der Waals surface area contributed by atoms with Gasteiger partial charge in [0.05, 0.1) is 0 Å². The van der Waals surface area contributed by atoms with E-state index in [4.69, 9.17) is 23.2 Å². The maximum absolute atomic E-state index is 5.67. The Kier molecular flexibility index (Phi) is 92.7. The molecule has 2 aromatic carbocycles. The number of alkyl halides is 2. The zero-order valence-electron chi connectivity index (χ0n) is 91.7. The Morgan fingerprint density at radius 3 is 0.928 bits per heavy atom. The van der Waals surface area contributed by atoms with Crippen LogP contribution in [0.4, 0.5) is 0 Å². The second kappa shape index (κ2) is 81.9. The van der Waals surface area contributed by atoms with E-state index in [1.54, 1.807) is 0 Å². The van der Waals surface area contributed by atoms with Crippen LogP contribution in [0.5, 0.6) is 0 Å². The van der Waals surface area contributed by atoms with Gasteiger partial charge in [-0.25, -0.2) is 0 Å². The summed E-state index contributed by atoms with van der Waals surface area (Å²) in [4.78, 5) is 0. The number of hydrogen-bond acceptors (Lipinski definition) is 0. The van der Waals surface area contributed by atoms with Gasteiger partial charge < -0.3 is 0 Å². The van der Waals surface area contributed by atoms with Crippen molar-refractivity contribution >= 4 is 29.3 Å². The van der Waals surface area contributed by atoms with Crippen molar-refractivity contribution in [2.24, 2.45) is 145 Å². The summed E-state index contributed by atoms with van der Waals surface area (Å²) < 4.78 is -0.339. The summed E-state index contributed by atoms with van der Waals surface area (Å²) in [6, 6.07) is 19.7. The molecular weight excluding hydrogens is 1700 g/mol. The van der Waals surface area contributed by atoms with E-state index in [1.165, 1.54) is 311 Å². The summed E-state index contributed by atoms with van der Waals surface area (Å²) >= 11 is 11.3. The molecule has 2 aromatic rings. The average molecular weight is 1990 g/mol. The van der Waals surface area contributed by atoms with Crippen molar-refractivity contribution in [1.29, 1.82) is 0 Å². The van der Waals surface area contributed by atoms with Gasteiger partial charge in [0.1, 0.15) is 4.33 Å². The minimum atomic E-state index is -0.339. The molecule has 0 bridgehead atoms. The molecular formula is C136H282Cl2. The van der Waals surface area contributed by atoms with Crippen LogP contribution in [0, 0.1) is 152 Å². The normalized spacial score (nSPS) is 29.5. The fourth-order valence-corrected chi connectivity index (χ4v) is 23.9. The highest BCUT2D eigenvalue weighted by atomic mass is 35.5. The van der Waals surface area contributed by atoms with Crippen molar-refractivity contribution in [2.45, 2.75) is 608 Å². The van der Waals surface area contributed by atoms with Crippen LogP contribution < -0.4 is 0 Å². The van der Waals surface area contributed by atoms with Crippen molar-refractivity contribution in [3.8, 4) is 0 Å². The Hall–Kier alpha value is -2.02. The third-order valence-corrected chi connectivity index (χ3v) is 37.4. The van der Waals surface area contributed by atoms with E-state index in [-0.39, 0.29) is 94.6 Å². The third-order valence-electron chi connectivity index (χ3n) is 36.5. The number of rotatable bonds is 19. The zero-order chi connectivity index (χ0) is 95.8. The minimum Gasteiger partial charge on any atom is -0.106 e. The van der Waals surface area contributed by atoms with Crippen LogP contribution in [0.1, 0.15) is 616 Å². The highest BCUT2D eigenvalue weighted by Crippen LogP contribution is 2.71. The predicted octanol–water partition coefficient (Wildman–Crippen LogP) is 51.7. The first-order valence-corrected chi connectivity index (χ1v) is 56.9. The largest absolute Gasteiger partial charge is 0.121 e. The van der Waals surface area contributed by atoms with E-state index in [1.807, 2.05) is 0 Å². The van der Waals surface area contributed by atoms with Crippen molar-refractivity contribution in [2.75, 3.05) is 0 Å². The molecule has 0 aromatic heterocycles. The molecule has 0 N–H and O–H groups in total. The molecule has 0 heterocycles. The lowest BCUT2D eigenvalue weighted by Crippen LogP contribution is -2.23. The van der Waals surface area contributed by atoms with E-state index in [0.717, 1.165) is 131 Å². The molecule has 14 aliphatic rings. The molecule has 0 amide bonds. The first-order valence-electron chi connectivity index (χ1n) is 56.2. The smallest absolute Gasteiger partial charge is 0.106 e. The van der Waals surface area contributed by atoms with Crippen molar-refractivity contribution in [1.82, 2.24) is 0 Å². The Morgan fingerprint density at radius 2 is 0.725 bits per heavy atom. The van der Waals surface area contributed by atoms with E-state index in [0.29, 0.717) is 33.0 Å². The summed E-state index contributed by atoms with van der Waals surface area (Å²) in [7, 11) is 0. The van der Waals surface area contributed by atoms with E-state index in [2.05, 4.69) is 313 Å². The molecule has 14 saturated carbocycles. The van der Waals surface area contributed by atoms with Gasteiger partial charge in [-0.3, -0.25) is 0 Å². The lowest BCUT2D eigenvalue weighted by molar-refractivity contribution is 0.174. The molecule has 0 spiro atoms. The average Bonchev–Trinajstić information content (AvgIpc) is 1.54. The Labute approximate surface area is 900 Å². The van der Waals surface area contributed by atoms with Crippen LogP contribution in [0.15, 0.2) is 98.1 Å². The summed E-state index contributed by atoms with van der Waals surface area (Å²) in [5.74, 6) is 19.5. The molecule has 16 rings (SSSR count). The number of hydrogen-bond donors (Lipinski definition) is 0. The van der Waals surface area contributed by atoms with Gasteiger partial charge in [0.2, 0.25) is 0 Å². The zero-order valence-corrected chi connectivity index (χ0v) is 93.2. The molecule has 840 valence electrons. The number of aryl methyl sites for hydroxylation is 1. The third kappa shape index (κ3) is 59.2. The monoisotopic (exact) mass is 1990 g/mol. The first-order chi connectivity index (χ1) is 60.2. The Bertz CT molecular complexity index is 3010. The van der Waals surface area contributed by atoms with Gasteiger partial charge in [-0.05, 0) is 221 Å². The van der Waals surface area contributed by atoms with Gasteiger partial charge in [0.15, 0.2) is 0 Å². The van der Waals surface area contributed by atoms with Crippen LogP contribution in [0.25, 0.3) is 6.08 Å². The highest BCUT2D eigenvalue weighted by molar-refractivity contribution is 6.50. The molecule has 138 heavy (non-hydrogen) atoms. The Balaban J connectivity index is -0.0000000873. The van der Waals surface area contributed by atoms with Crippen molar-refractivity contribution in [3.63, 3.8) is 0 Å². The van der Waals surface area contributed by atoms with E-state index >= 15 is 0 Å². The second-order valence-electron chi connectivity index (χ2n) is 47.3. The topological polar surface area (TPSA) is 0 Å². The van der Waals surface area contributed by atoms with Crippen LogP contribution in [-0.4, -0.2) is 4.33 Å². The Morgan fingerprint density at radius 1 is 0.384 bits per heavy atom. The van der Waals surface area contributed by atoms with Crippen LogP contribution in [-0.2, 0) is 5.41 Å². The van der Waals surface area contributed by atoms with Gasteiger partial charge in [0.25, 0.3) is 0 Å². The van der Waals surface area contributed by atoms with Crippen molar-refractivity contribution < 1.29 is 8.56 Å². The van der Waals surface area contributed by atoms with E-state index < -0.39 is 0 Å². The van der Waals surface area contributed by atoms with Crippen molar-refractivity contribution in [3.05, 3.63) is 115 Å². The minimum absolute atomic E-state index is 0. The molecule has 14 aliphatic carbocycles. The van der Waals surface area contributed by atoms with Gasteiger partial charge in [0, 0.05) is 8.56 Å². The molecule has 13 atom stereocenters. The maximum Gasteiger partial charge on any atom is 0.121 e. The van der Waals surface area contributed by atoms with Gasteiger partial charge in [-0.15, -0.1) is 42.9 Å². The maximum atomic E-state index is 5.67. The number of halogens is 2. The van der Waals surface area contributed by atoms with Gasteiger partial charge >= 0.3 is 0 Å². The summed E-state index contributed by atoms with van der Waals surface area (Å²) in [6.45, 7) is 81.6. The molecule has 13 unspecified atom stereocenters. The summed E-state index contributed by atoms with van der Waals surface area (Å²) in [5.41, 5.74) is 9.05. The van der Waals surface area contributed by atoms with Gasteiger partial charge in [-0.1, -0.05) is 629 Å². The molecule has 0 radical (unpaired) electrons. The van der Waals surface area contributed by atoms with E-state index in [9.17, 15) is 0 Å². The highest BCUT2D eigenvalue weighted by Gasteiger charge is 2.65.